The van der Waals surface area contributed by atoms with Crippen molar-refractivity contribution in [2.24, 2.45) is 5.92 Å². The first-order valence-electron chi connectivity index (χ1n) is 7.33. The molecule has 1 fully saturated rings. The van der Waals surface area contributed by atoms with Crippen LogP contribution < -0.4 is 5.32 Å². The van der Waals surface area contributed by atoms with Gasteiger partial charge in [0.2, 0.25) is 10.0 Å². The summed E-state index contributed by atoms with van der Waals surface area (Å²) in [7, 11) is -3.08. The van der Waals surface area contributed by atoms with Gasteiger partial charge in [-0.1, -0.05) is 29.8 Å². The molecule has 0 bridgehead atoms. The van der Waals surface area contributed by atoms with Gasteiger partial charge in [-0.3, -0.25) is 0 Å². The summed E-state index contributed by atoms with van der Waals surface area (Å²) in [6.07, 6.45) is 2.14. The highest BCUT2D eigenvalue weighted by atomic mass is 35.5. The Bertz CT molecular complexity index is 792. The molecular formula is C15H18ClN3O2S2. The molecule has 1 N–H and O–H groups in total. The Morgan fingerprint density at radius 3 is 2.91 bits per heavy atom. The number of rotatable bonds is 5. The lowest BCUT2D eigenvalue weighted by Crippen LogP contribution is -2.28. The number of nitrogens with one attached hydrogen (secondary N) is 1. The van der Waals surface area contributed by atoms with E-state index in [0.29, 0.717) is 24.0 Å². The molecule has 0 amide bonds. The first kappa shape index (κ1) is 16.7. The molecule has 0 aliphatic carbocycles. The minimum Gasteiger partial charge on any atom is -0.361 e. The van der Waals surface area contributed by atoms with Crippen molar-refractivity contribution in [2.45, 2.75) is 6.42 Å². The average molecular weight is 372 g/mol. The molecule has 0 radical (unpaired) electrons. The number of nitrogens with zero attached hydrogens (tertiary/aromatic N) is 2. The first-order valence-corrected chi connectivity index (χ1v) is 10.4. The Balaban J connectivity index is 1.60. The summed E-state index contributed by atoms with van der Waals surface area (Å²) in [6, 6.07) is 7.63. The van der Waals surface area contributed by atoms with Gasteiger partial charge < -0.3 is 5.32 Å². The van der Waals surface area contributed by atoms with Crippen molar-refractivity contribution in [3.8, 4) is 11.3 Å². The van der Waals surface area contributed by atoms with Crippen LogP contribution in [0.3, 0.4) is 0 Å². The normalized spacial score (nSPS) is 19.1. The van der Waals surface area contributed by atoms with E-state index >= 15 is 0 Å². The van der Waals surface area contributed by atoms with Crippen LogP contribution in [-0.2, 0) is 10.0 Å². The lowest BCUT2D eigenvalue weighted by Gasteiger charge is -2.13. The van der Waals surface area contributed by atoms with E-state index in [1.54, 1.807) is 0 Å². The van der Waals surface area contributed by atoms with Crippen LogP contribution in [-0.4, -0.2) is 43.6 Å². The molecule has 8 heteroatoms. The molecule has 1 aliphatic heterocycles. The topological polar surface area (TPSA) is 62.3 Å². The number of hydrogen-bond donors (Lipinski definition) is 1. The number of aromatic nitrogens is 1. The molecule has 5 nitrogen and oxygen atoms in total. The van der Waals surface area contributed by atoms with Crippen LogP contribution in [0, 0.1) is 5.92 Å². The van der Waals surface area contributed by atoms with Crippen molar-refractivity contribution in [1.29, 1.82) is 0 Å². The van der Waals surface area contributed by atoms with Crippen LogP contribution in [0.1, 0.15) is 6.42 Å². The lowest BCUT2D eigenvalue weighted by molar-refractivity contribution is 0.466. The fourth-order valence-electron chi connectivity index (χ4n) is 2.64. The van der Waals surface area contributed by atoms with E-state index in [4.69, 9.17) is 11.6 Å². The molecule has 0 saturated carbocycles. The van der Waals surface area contributed by atoms with E-state index in [-0.39, 0.29) is 0 Å². The van der Waals surface area contributed by atoms with Crippen LogP contribution in [0.4, 0.5) is 5.13 Å². The third kappa shape index (κ3) is 4.03. The minimum absolute atomic E-state index is 0.317. The molecule has 1 aromatic carbocycles. The average Bonchev–Trinajstić information content (AvgIpc) is 3.14. The second-order valence-corrected chi connectivity index (χ2v) is 8.92. The van der Waals surface area contributed by atoms with Crippen molar-refractivity contribution in [3.63, 3.8) is 0 Å². The molecule has 1 aromatic heterocycles. The smallest absolute Gasteiger partial charge is 0.211 e. The van der Waals surface area contributed by atoms with Crippen molar-refractivity contribution >= 4 is 38.1 Å². The fourth-order valence-corrected chi connectivity index (χ4v) is 4.52. The molecule has 0 spiro atoms. The summed E-state index contributed by atoms with van der Waals surface area (Å²) in [5.74, 6) is 0.317. The van der Waals surface area contributed by atoms with Gasteiger partial charge in [-0.2, -0.15) is 0 Å². The molecule has 1 unspecified atom stereocenters. The van der Waals surface area contributed by atoms with Gasteiger partial charge >= 0.3 is 0 Å². The van der Waals surface area contributed by atoms with E-state index in [0.717, 1.165) is 29.4 Å². The molecular weight excluding hydrogens is 354 g/mol. The summed E-state index contributed by atoms with van der Waals surface area (Å²) in [5.41, 5.74) is 1.77. The Morgan fingerprint density at radius 2 is 2.22 bits per heavy atom. The highest BCUT2D eigenvalue weighted by Gasteiger charge is 2.28. The van der Waals surface area contributed by atoms with Crippen LogP contribution >= 0.6 is 22.9 Å². The Hall–Kier alpha value is -1.15. The highest BCUT2D eigenvalue weighted by Crippen LogP contribution is 2.30. The van der Waals surface area contributed by atoms with Crippen molar-refractivity contribution < 1.29 is 8.42 Å². The maximum absolute atomic E-state index is 11.5. The molecule has 1 atom stereocenters. The number of anilines is 1. The molecule has 1 aliphatic rings. The Labute approximate surface area is 145 Å². The third-order valence-electron chi connectivity index (χ3n) is 3.91. The van der Waals surface area contributed by atoms with E-state index in [9.17, 15) is 8.42 Å². The predicted molar refractivity (Wildman–Crippen MR) is 95.6 cm³/mol. The van der Waals surface area contributed by atoms with E-state index in [1.165, 1.54) is 21.9 Å². The van der Waals surface area contributed by atoms with Gasteiger partial charge in [-0.05, 0) is 18.4 Å². The van der Waals surface area contributed by atoms with Crippen molar-refractivity contribution in [3.05, 3.63) is 34.7 Å². The number of benzene rings is 1. The molecule has 2 heterocycles. The summed E-state index contributed by atoms with van der Waals surface area (Å²) >= 11 is 7.72. The SMILES string of the molecule is CS(=O)(=O)N1CCC(CNc2nc(-c3ccccc3Cl)cs2)C1. The minimum atomic E-state index is -3.08. The Kier molecular flexibility index (Phi) is 4.91. The largest absolute Gasteiger partial charge is 0.361 e. The van der Waals surface area contributed by atoms with E-state index < -0.39 is 10.0 Å². The predicted octanol–water partition coefficient (Wildman–Crippen LogP) is 3.16. The van der Waals surface area contributed by atoms with Crippen LogP contribution in [0.15, 0.2) is 29.6 Å². The lowest BCUT2D eigenvalue weighted by atomic mass is 10.1. The van der Waals surface area contributed by atoms with Crippen molar-refractivity contribution in [2.75, 3.05) is 31.2 Å². The third-order valence-corrected chi connectivity index (χ3v) is 6.31. The summed E-state index contributed by atoms with van der Waals surface area (Å²) in [6.45, 7) is 1.91. The first-order chi connectivity index (χ1) is 10.9. The standard InChI is InChI=1S/C15H18ClN3O2S2/c1-23(20,21)19-7-6-11(9-19)8-17-15-18-14(10-22-15)12-4-2-3-5-13(12)16/h2-5,10-11H,6-9H2,1H3,(H,17,18). The zero-order valence-electron chi connectivity index (χ0n) is 12.7. The van der Waals surface area contributed by atoms with Crippen molar-refractivity contribution in [1.82, 2.24) is 9.29 Å². The maximum Gasteiger partial charge on any atom is 0.211 e. The van der Waals surface area contributed by atoms with E-state index in [2.05, 4.69) is 10.3 Å². The van der Waals surface area contributed by atoms with Gasteiger partial charge in [-0.25, -0.2) is 17.7 Å². The maximum atomic E-state index is 11.5. The summed E-state index contributed by atoms with van der Waals surface area (Å²) < 4.78 is 24.6. The van der Waals surface area contributed by atoms with Gasteiger partial charge in [0.1, 0.15) is 0 Å². The van der Waals surface area contributed by atoms with Gasteiger partial charge in [0.05, 0.1) is 11.9 Å². The van der Waals surface area contributed by atoms with Gasteiger partial charge in [0.25, 0.3) is 0 Å². The zero-order chi connectivity index (χ0) is 16.4. The molecule has 1 saturated heterocycles. The monoisotopic (exact) mass is 371 g/mol. The van der Waals surface area contributed by atoms with Gasteiger partial charge in [-0.15, -0.1) is 11.3 Å². The van der Waals surface area contributed by atoms with Crippen LogP contribution in [0.2, 0.25) is 5.02 Å². The Morgan fingerprint density at radius 1 is 1.43 bits per heavy atom. The van der Waals surface area contributed by atoms with Crippen LogP contribution in [0.5, 0.6) is 0 Å². The number of halogens is 1. The second kappa shape index (κ2) is 6.76. The quantitative estimate of drug-likeness (QED) is 0.876. The summed E-state index contributed by atoms with van der Waals surface area (Å²) in [5, 5.41) is 6.80. The molecule has 3 rings (SSSR count). The fraction of sp³-hybridized carbons (Fsp3) is 0.400. The molecule has 23 heavy (non-hydrogen) atoms. The summed E-state index contributed by atoms with van der Waals surface area (Å²) in [4.78, 5) is 4.56. The highest BCUT2D eigenvalue weighted by molar-refractivity contribution is 7.88. The number of thiazole rings is 1. The number of hydrogen-bond acceptors (Lipinski definition) is 5. The molecule has 124 valence electrons. The van der Waals surface area contributed by atoms with Gasteiger partial charge in [0.15, 0.2) is 5.13 Å². The zero-order valence-corrected chi connectivity index (χ0v) is 15.1. The molecule has 2 aromatic rings. The number of sulfonamides is 1. The van der Waals surface area contributed by atoms with Crippen LogP contribution in [0.25, 0.3) is 11.3 Å². The second-order valence-electron chi connectivity index (χ2n) is 5.67. The van der Waals surface area contributed by atoms with E-state index in [1.807, 2.05) is 29.6 Å². The van der Waals surface area contributed by atoms with Gasteiger partial charge in [0, 0.05) is 35.6 Å².